The Kier molecular flexibility index (Phi) is 7.27. The number of rotatable bonds is 5. The Labute approximate surface area is 172 Å². The molecule has 0 aliphatic carbocycles. The molecule has 3 aromatic rings. The Morgan fingerprint density at radius 3 is 2.04 bits per heavy atom. The number of halogens is 2. The quantitative estimate of drug-likeness (QED) is 0.237. The first-order valence-electron chi connectivity index (χ1n) is 7.85. The highest BCUT2D eigenvalue weighted by Crippen LogP contribution is 2.30. The third-order valence-corrected chi connectivity index (χ3v) is 5.37. The predicted molar refractivity (Wildman–Crippen MR) is 117 cm³/mol. The van der Waals surface area contributed by atoms with Gasteiger partial charge in [-0.25, -0.2) is 4.99 Å². The molecule has 3 rings (SSSR count). The molecule has 26 heavy (non-hydrogen) atoms. The fraction of sp³-hybridized carbons (Fsp3) is 0. The molecule has 0 aromatic heterocycles. The average Bonchev–Trinajstić information content (AvgIpc) is 2.62. The number of para-hydroxylation sites is 1. The highest BCUT2D eigenvalue weighted by Gasteiger charge is 2.04. The molecule has 3 aromatic carbocycles. The summed E-state index contributed by atoms with van der Waals surface area (Å²) in [4.78, 5) is 6.87. The van der Waals surface area contributed by atoms with Crippen LogP contribution in [0.15, 0.2) is 105 Å². The van der Waals surface area contributed by atoms with E-state index in [9.17, 15) is 0 Å². The van der Waals surface area contributed by atoms with Gasteiger partial charge in [0.05, 0.1) is 5.69 Å². The molecule has 0 bridgehead atoms. The maximum atomic E-state index is 6.12. The van der Waals surface area contributed by atoms with Crippen LogP contribution in [0.25, 0.3) is 0 Å². The van der Waals surface area contributed by atoms with Crippen molar-refractivity contribution in [2.45, 2.75) is 9.79 Å². The summed E-state index contributed by atoms with van der Waals surface area (Å²) in [6, 6.07) is 25.6. The summed E-state index contributed by atoms with van der Waals surface area (Å²) in [6.07, 6.45) is 2.00. The molecule has 0 aliphatic rings. The molecule has 5 heteroatoms. The van der Waals surface area contributed by atoms with Gasteiger partial charge in [0.1, 0.15) is 5.04 Å². The number of aliphatic imine (C=N–C) groups is 1. The maximum absolute atomic E-state index is 6.12. The van der Waals surface area contributed by atoms with Gasteiger partial charge < -0.3 is 0 Å². The summed E-state index contributed by atoms with van der Waals surface area (Å²) in [6.45, 7) is 0. The van der Waals surface area contributed by atoms with Crippen molar-refractivity contribution < 1.29 is 0 Å². The fourth-order valence-corrected chi connectivity index (χ4v) is 4.41. The van der Waals surface area contributed by atoms with E-state index in [0.717, 1.165) is 15.6 Å². The normalized spacial score (nSPS) is 11.8. The zero-order valence-corrected chi connectivity index (χ0v) is 16.8. The van der Waals surface area contributed by atoms with E-state index in [1.54, 1.807) is 17.8 Å². The summed E-state index contributed by atoms with van der Waals surface area (Å²) >= 11 is 15.4. The number of nitrogens with zero attached hydrogens (tertiary/aromatic N) is 1. The molecular weight excluding hydrogens is 401 g/mol. The Balaban J connectivity index is 1.83. The Morgan fingerprint density at radius 1 is 0.769 bits per heavy atom. The van der Waals surface area contributed by atoms with Gasteiger partial charge in [0.15, 0.2) is 0 Å². The van der Waals surface area contributed by atoms with Gasteiger partial charge in [-0.15, -0.1) is 0 Å². The smallest absolute Gasteiger partial charge is 0.102 e. The van der Waals surface area contributed by atoms with Crippen LogP contribution in [0.4, 0.5) is 5.69 Å². The zero-order valence-electron chi connectivity index (χ0n) is 13.7. The summed E-state index contributed by atoms with van der Waals surface area (Å²) in [5.74, 6) is 0. The summed E-state index contributed by atoms with van der Waals surface area (Å²) in [5.41, 5.74) is 0.900. The second-order valence-corrected chi connectivity index (χ2v) is 8.17. The molecule has 1 nitrogen and oxygen atoms in total. The summed E-state index contributed by atoms with van der Waals surface area (Å²) in [7, 11) is 0. The minimum atomic E-state index is 0.613. The van der Waals surface area contributed by atoms with Crippen molar-refractivity contribution in [1.82, 2.24) is 0 Å². The molecule has 0 aliphatic heterocycles. The Hall–Kier alpha value is -1.65. The van der Waals surface area contributed by atoms with Crippen LogP contribution in [0.5, 0.6) is 0 Å². The van der Waals surface area contributed by atoms with Crippen LogP contribution in [0.3, 0.4) is 0 Å². The van der Waals surface area contributed by atoms with E-state index in [0.29, 0.717) is 10.0 Å². The van der Waals surface area contributed by atoms with Gasteiger partial charge >= 0.3 is 0 Å². The minimum absolute atomic E-state index is 0.613. The van der Waals surface area contributed by atoms with Crippen LogP contribution < -0.4 is 0 Å². The largest absolute Gasteiger partial charge is 0.242 e. The maximum Gasteiger partial charge on any atom is 0.102 e. The van der Waals surface area contributed by atoms with E-state index >= 15 is 0 Å². The van der Waals surface area contributed by atoms with Gasteiger partial charge in [0.25, 0.3) is 0 Å². The fourth-order valence-electron chi connectivity index (χ4n) is 2.10. The van der Waals surface area contributed by atoms with Gasteiger partial charge in [0, 0.05) is 19.8 Å². The Bertz CT molecular complexity index is 890. The topological polar surface area (TPSA) is 12.4 Å². The number of hydrogen-bond donors (Lipinski definition) is 0. The lowest BCUT2D eigenvalue weighted by atomic mass is 10.3. The molecule has 0 amide bonds. The minimum Gasteiger partial charge on any atom is -0.242 e. The molecule has 130 valence electrons. The lowest BCUT2D eigenvalue weighted by molar-refractivity contribution is 1.47. The summed E-state index contributed by atoms with van der Waals surface area (Å²) < 4.78 is 0. The summed E-state index contributed by atoms with van der Waals surface area (Å²) in [5, 5.41) is 4.12. The lowest BCUT2D eigenvalue weighted by Crippen LogP contribution is -1.86. The van der Waals surface area contributed by atoms with Crippen LogP contribution in [0.2, 0.25) is 10.0 Å². The Morgan fingerprint density at radius 2 is 1.38 bits per heavy atom. The number of benzene rings is 3. The standard InChI is InChI=1S/C21H15Cl2NS2/c22-16-13-17(23)15-20(14-16)26-21(24-18-7-3-1-4-8-18)11-12-25-19-9-5-2-6-10-19/h1-15H. The predicted octanol–water partition coefficient (Wildman–Crippen LogP) is 8.12. The molecular formula is C21H15Cl2NS2. The van der Waals surface area contributed by atoms with Crippen molar-refractivity contribution in [3.05, 3.63) is 100 Å². The van der Waals surface area contributed by atoms with Crippen molar-refractivity contribution in [1.29, 1.82) is 0 Å². The van der Waals surface area contributed by atoms with Crippen LogP contribution in [0, 0.1) is 0 Å². The molecule has 0 atom stereocenters. The van der Waals surface area contributed by atoms with Crippen LogP contribution in [0.1, 0.15) is 0 Å². The first kappa shape index (κ1) is 19.1. The van der Waals surface area contributed by atoms with Crippen molar-refractivity contribution in [3.8, 4) is 0 Å². The SMILES string of the molecule is Clc1cc(Cl)cc(SC(C=CSc2ccccc2)=Nc2ccccc2)c1. The highest BCUT2D eigenvalue weighted by molar-refractivity contribution is 8.14. The first-order chi connectivity index (χ1) is 12.7. The van der Waals surface area contributed by atoms with E-state index in [-0.39, 0.29) is 0 Å². The monoisotopic (exact) mass is 415 g/mol. The third kappa shape index (κ3) is 6.26. The second-order valence-electron chi connectivity index (χ2n) is 5.23. The van der Waals surface area contributed by atoms with Gasteiger partial charge in [-0.05, 0) is 53.9 Å². The molecule has 0 N–H and O–H groups in total. The zero-order chi connectivity index (χ0) is 18.2. The van der Waals surface area contributed by atoms with Crippen LogP contribution in [-0.4, -0.2) is 5.04 Å². The van der Waals surface area contributed by atoms with Gasteiger partial charge in [-0.1, -0.05) is 83.1 Å². The van der Waals surface area contributed by atoms with Crippen molar-refractivity contribution in [2.75, 3.05) is 0 Å². The molecule has 0 saturated carbocycles. The van der Waals surface area contributed by atoms with Crippen LogP contribution >= 0.6 is 46.7 Å². The van der Waals surface area contributed by atoms with E-state index < -0.39 is 0 Å². The van der Waals surface area contributed by atoms with Crippen molar-refractivity contribution in [2.24, 2.45) is 4.99 Å². The van der Waals surface area contributed by atoms with E-state index in [1.807, 2.05) is 72.1 Å². The second kappa shape index (κ2) is 9.89. The van der Waals surface area contributed by atoms with Gasteiger partial charge in [-0.2, -0.15) is 0 Å². The molecule has 0 spiro atoms. The number of thioether (sulfide) groups is 2. The average molecular weight is 416 g/mol. The molecule has 0 unspecified atom stereocenters. The van der Waals surface area contributed by atoms with Gasteiger partial charge in [0.2, 0.25) is 0 Å². The third-order valence-electron chi connectivity index (χ3n) is 3.21. The molecule has 0 fully saturated rings. The van der Waals surface area contributed by atoms with Crippen molar-refractivity contribution >= 4 is 57.5 Å². The van der Waals surface area contributed by atoms with E-state index in [4.69, 9.17) is 28.2 Å². The molecule has 0 heterocycles. The van der Waals surface area contributed by atoms with Gasteiger partial charge in [-0.3, -0.25) is 0 Å². The number of hydrogen-bond acceptors (Lipinski definition) is 3. The van der Waals surface area contributed by atoms with Crippen LogP contribution in [-0.2, 0) is 0 Å². The van der Waals surface area contributed by atoms with Crippen molar-refractivity contribution in [3.63, 3.8) is 0 Å². The highest BCUT2D eigenvalue weighted by atomic mass is 35.5. The first-order valence-corrected chi connectivity index (χ1v) is 10.3. The van der Waals surface area contributed by atoms with E-state index in [2.05, 4.69) is 12.1 Å². The van der Waals surface area contributed by atoms with E-state index in [1.165, 1.54) is 16.7 Å². The lowest BCUT2D eigenvalue weighted by Gasteiger charge is -2.04. The molecule has 0 radical (unpaired) electrons. The molecule has 0 saturated heterocycles.